The fraction of sp³-hybridized carbons (Fsp3) is 0.208. The molecule has 0 fully saturated rings. The van der Waals surface area contributed by atoms with E-state index >= 15 is 0 Å². The van der Waals surface area contributed by atoms with Crippen LogP contribution < -0.4 is 14.8 Å². The highest BCUT2D eigenvalue weighted by Crippen LogP contribution is 2.28. The molecule has 3 rings (SSSR count). The largest absolute Gasteiger partial charge is 0.493 e. The Balaban J connectivity index is 1.58. The molecule has 3 aromatic carbocycles. The Hall–Kier alpha value is -3.87. The lowest BCUT2D eigenvalue weighted by Gasteiger charge is -2.15. The molecule has 1 atom stereocenters. The van der Waals surface area contributed by atoms with Gasteiger partial charge >= 0.3 is 5.97 Å². The summed E-state index contributed by atoms with van der Waals surface area (Å²) < 4.78 is 15.8. The smallest absolute Gasteiger partial charge is 0.344 e. The lowest BCUT2D eigenvalue weighted by atomic mass is 10.1. The number of Topliss-reactive ketones (excluding diaryl/α,β-unsaturated/α-hetero) is 1. The maximum atomic E-state index is 12.5. The molecule has 0 spiro atoms. The molecule has 160 valence electrons. The predicted octanol–water partition coefficient (Wildman–Crippen LogP) is 4.00. The maximum absolute atomic E-state index is 12.5. The molecule has 0 aliphatic carbocycles. The number of ether oxygens (including phenoxy) is 3. The highest BCUT2D eigenvalue weighted by molar-refractivity contribution is 6.03. The van der Waals surface area contributed by atoms with Gasteiger partial charge in [-0.2, -0.15) is 0 Å². The molecular weight excluding hydrogens is 398 g/mol. The topological polar surface area (TPSA) is 90.9 Å². The molecule has 1 amide bonds. The lowest BCUT2D eigenvalue weighted by molar-refractivity contribution is -0.155. The lowest BCUT2D eigenvalue weighted by Crippen LogP contribution is -2.31. The van der Waals surface area contributed by atoms with Crippen molar-refractivity contribution >= 4 is 34.1 Å². The van der Waals surface area contributed by atoms with Gasteiger partial charge in [0.25, 0.3) is 5.91 Å². The number of carbonyl (C=O) groups is 3. The number of carbonyl (C=O) groups excluding carboxylic acids is 3. The fourth-order valence-electron chi connectivity index (χ4n) is 3.00. The molecular formula is C24H23NO6. The van der Waals surface area contributed by atoms with Crippen molar-refractivity contribution in [2.45, 2.75) is 20.0 Å². The number of amides is 1. The summed E-state index contributed by atoms with van der Waals surface area (Å²) in [6, 6.07) is 17.9. The Bertz CT molecular complexity index is 1120. The number of benzene rings is 3. The Morgan fingerprint density at radius 2 is 1.71 bits per heavy atom. The Morgan fingerprint density at radius 1 is 0.968 bits per heavy atom. The van der Waals surface area contributed by atoms with Gasteiger partial charge in [-0.05, 0) is 43.5 Å². The molecule has 0 saturated carbocycles. The van der Waals surface area contributed by atoms with Crippen LogP contribution in [0.15, 0.2) is 60.7 Å². The van der Waals surface area contributed by atoms with Gasteiger partial charge < -0.3 is 19.5 Å². The normalized spacial score (nSPS) is 11.5. The number of rotatable bonds is 8. The molecule has 0 aliphatic heterocycles. The van der Waals surface area contributed by atoms with E-state index in [1.165, 1.54) is 27.0 Å². The van der Waals surface area contributed by atoms with Crippen LogP contribution in [0.25, 0.3) is 10.8 Å². The van der Waals surface area contributed by atoms with Crippen LogP contribution in [-0.4, -0.2) is 37.5 Å². The number of anilines is 1. The summed E-state index contributed by atoms with van der Waals surface area (Å²) >= 11 is 0. The average molecular weight is 421 g/mol. The van der Waals surface area contributed by atoms with Crippen molar-refractivity contribution in [2.75, 3.05) is 19.0 Å². The SMILES string of the molecule is COc1cc(C(C)=O)ccc1OCC(=O)O[C@@H](C)C(=O)Nc1cccc2ccccc12. The van der Waals surface area contributed by atoms with Crippen molar-refractivity contribution < 1.29 is 28.6 Å². The zero-order valence-electron chi connectivity index (χ0n) is 17.5. The first-order valence-corrected chi connectivity index (χ1v) is 9.69. The van der Waals surface area contributed by atoms with E-state index in [1.807, 2.05) is 36.4 Å². The molecule has 1 N–H and O–H groups in total. The van der Waals surface area contributed by atoms with Gasteiger partial charge in [0.2, 0.25) is 0 Å². The second kappa shape index (κ2) is 9.75. The molecule has 0 heterocycles. The van der Waals surface area contributed by atoms with Crippen molar-refractivity contribution in [2.24, 2.45) is 0 Å². The van der Waals surface area contributed by atoms with Gasteiger partial charge in [-0.3, -0.25) is 9.59 Å². The number of methoxy groups -OCH3 is 1. The van der Waals surface area contributed by atoms with Gasteiger partial charge in [0, 0.05) is 16.6 Å². The van der Waals surface area contributed by atoms with Crippen LogP contribution in [0.5, 0.6) is 11.5 Å². The Kier molecular flexibility index (Phi) is 6.87. The minimum absolute atomic E-state index is 0.115. The molecule has 31 heavy (non-hydrogen) atoms. The van der Waals surface area contributed by atoms with Crippen molar-refractivity contribution in [1.82, 2.24) is 0 Å². The van der Waals surface area contributed by atoms with E-state index in [9.17, 15) is 14.4 Å². The van der Waals surface area contributed by atoms with E-state index in [0.717, 1.165) is 10.8 Å². The molecule has 0 saturated heterocycles. The van der Waals surface area contributed by atoms with E-state index in [1.54, 1.807) is 18.2 Å². The van der Waals surface area contributed by atoms with Crippen LogP contribution in [0, 0.1) is 0 Å². The standard InChI is InChI=1S/C24H23NO6/c1-15(26)18-11-12-21(22(13-18)29-3)30-14-23(27)31-16(2)24(28)25-20-10-6-8-17-7-4-5-9-19(17)20/h4-13,16H,14H2,1-3H3,(H,25,28)/t16-/m0/s1. The first-order chi connectivity index (χ1) is 14.9. The number of ketones is 1. The Labute approximate surface area is 179 Å². The van der Waals surface area contributed by atoms with Crippen LogP contribution in [0.1, 0.15) is 24.2 Å². The molecule has 0 aromatic heterocycles. The zero-order chi connectivity index (χ0) is 22.4. The quantitative estimate of drug-likeness (QED) is 0.437. The van der Waals surface area contributed by atoms with E-state index in [0.29, 0.717) is 17.0 Å². The van der Waals surface area contributed by atoms with E-state index < -0.39 is 24.6 Å². The van der Waals surface area contributed by atoms with Gasteiger partial charge in [0.05, 0.1) is 7.11 Å². The molecule has 3 aromatic rings. The molecule has 0 unspecified atom stereocenters. The number of hydrogen-bond donors (Lipinski definition) is 1. The van der Waals surface area contributed by atoms with Crippen molar-refractivity contribution in [1.29, 1.82) is 0 Å². The second-order valence-corrected chi connectivity index (χ2v) is 6.86. The third-order valence-electron chi connectivity index (χ3n) is 4.64. The minimum Gasteiger partial charge on any atom is -0.493 e. The molecule has 7 nitrogen and oxygen atoms in total. The predicted molar refractivity (Wildman–Crippen MR) is 117 cm³/mol. The summed E-state index contributed by atoms with van der Waals surface area (Å²) in [7, 11) is 1.43. The average Bonchev–Trinajstić information content (AvgIpc) is 2.77. The van der Waals surface area contributed by atoms with Gasteiger partial charge in [0.15, 0.2) is 30.0 Å². The van der Waals surface area contributed by atoms with E-state index in [-0.39, 0.29) is 11.5 Å². The van der Waals surface area contributed by atoms with E-state index in [4.69, 9.17) is 14.2 Å². The van der Waals surface area contributed by atoms with Gasteiger partial charge in [-0.1, -0.05) is 36.4 Å². The van der Waals surface area contributed by atoms with Crippen molar-refractivity contribution in [3.8, 4) is 11.5 Å². The highest BCUT2D eigenvalue weighted by Gasteiger charge is 2.19. The van der Waals surface area contributed by atoms with E-state index in [2.05, 4.69) is 5.32 Å². The first kappa shape index (κ1) is 21.8. The molecule has 0 aliphatic rings. The first-order valence-electron chi connectivity index (χ1n) is 9.69. The highest BCUT2D eigenvalue weighted by atomic mass is 16.6. The van der Waals surface area contributed by atoms with Gasteiger partial charge in [-0.25, -0.2) is 4.79 Å². The Morgan fingerprint density at radius 3 is 2.45 bits per heavy atom. The fourth-order valence-corrected chi connectivity index (χ4v) is 3.00. The summed E-state index contributed by atoms with van der Waals surface area (Å²) in [5.74, 6) is -0.666. The third-order valence-corrected chi connectivity index (χ3v) is 4.64. The van der Waals surface area contributed by atoms with Crippen LogP contribution in [0.2, 0.25) is 0 Å². The van der Waals surface area contributed by atoms with Gasteiger partial charge in [-0.15, -0.1) is 0 Å². The summed E-state index contributed by atoms with van der Waals surface area (Å²) in [6.07, 6.45) is -1.02. The van der Waals surface area contributed by atoms with Crippen molar-refractivity contribution in [3.63, 3.8) is 0 Å². The molecule has 0 radical (unpaired) electrons. The van der Waals surface area contributed by atoms with Crippen LogP contribution in [0.4, 0.5) is 5.69 Å². The van der Waals surface area contributed by atoms with Crippen LogP contribution in [0.3, 0.4) is 0 Å². The molecule has 0 bridgehead atoms. The maximum Gasteiger partial charge on any atom is 0.344 e. The zero-order valence-corrected chi connectivity index (χ0v) is 17.5. The summed E-state index contributed by atoms with van der Waals surface area (Å²) in [5.41, 5.74) is 1.10. The molecule has 7 heteroatoms. The summed E-state index contributed by atoms with van der Waals surface area (Å²) in [6.45, 7) is 2.51. The number of hydrogen-bond acceptors (Lipinski definition) is 6. The summed E-state index contributed by atoms with van der Waals surface area (Å²) in [4.78, 5) is 36.1. The monoisotopic (exact) mass is 421 g/mol. The second-order valence-electron chi connectivity index (χ2n) is 6.86. The number of fused-ring (bicyclic) bond motifs is 1. The number of nitrogens with one attached hydrogen (secondary N) is 1. The van der Waals surface area contributed by atoms with Crippen molar-refractivity contribution in [3.05, 3.63) is 66.2 Å². The summed E-state index contributed by atoms with van der Waals surface area (Å²) in [5, 5.41) is 4.67. The van der Waals surface area contributed by atoms with Crippen LogP contribution >= 0.6 is 0 Å². The third kappa shape index (κ3) is 5.39. The van der Waals surface area contributed by atoms with Crippen LogP contribution in [-0.2, 0) is 14.3 Å². The van der Waals surface area contributed by atoms with Gasteiger partial charge in [0.1, 0.15) is 0 Å². The number of esters is 1. The minimum atomic E-state index is -1.02.